The second-order valence-electron chi connectivity index (χ2n) is 7.46. The minimum absolute atomic E-state index is 0.0507. The van der Waals surface area contributed by atoms with Crippen molar-refractivity contribution in [2.45, 2.75) is 33.1 Å². The number of amides is 1. The maximum atomic E-state index is 12.4. The van der Waals surface area contributed by atoms with Gasteiger partial charge in [0.05, 0.1) is 11.4 Å². The van der Waals surface area contributed by atoms with E-state index in [1.165, 1.54) is 16.5 Å². The first-order chi connectivity index (χ1) is 14.1. The number of H-pyrrole nitrogens is 1. The molecule has 1 amide bonds. The van der Waals surface area contributed by atoms with Crippen molar-refractivity contribution in [2.24, 2.45) is 0 Å². The van der Waals surface area contributed by atoms with Gasteiger partial charge in [0.1, 0.15) is 0 Å². The summed E-state index contributed by atoms with van der Waals surface area (Å²) < 4.78 is 0. The van der Waals surface area contributed by atoms with Gasteiger partial charge in [0.15, 0.2) is 0 Å². The number of rotatable bonds is 6. The van der Waals surface area contributed by atoms with Crippen molar-refractivity contribution in [2.75, 3.05) is 5.32 Å². The van der Waals surface area contributed by atoms with Crippen molar-refractivity contribution in [1.29, 1.82) is 0 Å². The highest BCUT2D eigenvalue weighted by Gasteiger charge is 2.15. The predicted molar refractivity (Wildman–Crippen MR) is 119 cm³/mol. The predicted octanol–water partition coefficient (Wildman–Crippen LogP) is 5.81. The molecule has 2 N–H and O–H groups in total. The first-order valence-electron chi connectivity index (χ1n) is 10.00. The second kappa shape index (κ2) is 8.31. The lowest BCUT2D eigenvalue weighted by molar-refractivity contribution is -0.116. The fourth-order valence-corrected chi connectivity index (χ4v) is 3.70. The summed E-state index contributed by atoms with van der Waals surface area (Å²) in [5.74, 6) is 0.0507. The van der Waals surface area contributed by atoms with Crippen molar-refractivity contribution >= 4 is 22.5 Å². The number of aromatic nitrogens is 2. The molecule has 0 radical (unpaired) electrons. The van der Waals surface area contributed by atoms with Crippen LogP contribution in [0.4, 0.5) is 5.69 Å². The van der Waals surface area contributed by atoms with Gasteiger partial charge < -0.3 is 10.3 Å². The molecular formula is C25H25N3O. The molecule has 4 aromatic rings. The first-order valence-corrected chi connectivity index (χ1v) is 10.00. The van der Waals surface area contributed by atoms with Gasteiger partial charge in [0, 0.05) is 29.2 Å². The van der Waals surface area contributed by atoms with Crippen LogP contribution in [0.2, 0.25) is 0 Å². The van der Waals surface area contributed by atoms with Gasteiger partial charge in [-0.15, -0.1) is 0 Å². The Bertz CT molecular complexity index is 1150. The Morgan fingerprint density at radius 1 is 1.03 bits per heavy atom. The maximum Gasteiger partial charge on any atom is 0.224 e. The van der Waals surface area contributed by atoms with Crippen LogP contribution >= 0.6 is 0 Å². The van der Waals surface area contributed by atoms with Gasteiger partial charge in [0.25, 0.3) is 0 Å². The highest BCUT2D eigenvalue weighted by Crippen LogP contribution is 2.31. The molecule has 0 unspecified atom stereocenters. The Balaban J connectivity index is 1.53. The maximum absolute atomic E-state index is 12.4. The average molecular weight is 383 g/mol. The average Bonchev–Trinajstić information content (AvgIpc) is 3.08. The molecule has 29 heavy (non-hydrogen) atoms. The number of nitrogens with zero attached hydrogens (tertiary/aromatic N) is 1. The fraction of sp³-hybridized carbons (Fsp3) is 0.200. The Labute approximate surface area is 171 Å². The number of aryl methyl sites for hydroxylation is 3. The number of benzene rings is 2. The normalized spacial score (nSPS) is 11.0. The van der Waals surface area contributed by atoms with Gasteiger partial charge in [-0.1, -0.05) is 35.9 Å². The Morgan fingerprint density at radius 2 is 1.86 bits per heavy atom. The van der Waals surface area contributed by atoms with Crippen LogP contribution in [0.15, 0.2) is 66.9 Å². The van der Waals surface area contributed by atoms with E-state index in [0.29, 0.717) is 6.42 Å². The largest absolute Gasteiger partial charge is 0.353 e. The number of hydrogen-bond acceptors (Lipinski definition) is 2. The summed E-state index contributed by atoms with van der Waals surface area (Å²) in [5, 5.41) is 4.24. The quantitative estimate of drug-likeness (QED) is 0.441. The minimum atomic E-state index is 0.0507. The van der Waals surface area contributed by atoms with Crippen LogP contribution < -0.4 is 5.32 Å². The highest BCUT2D eigenvalue weighted by molar-refractivity contribution is 5.92. The van der Waals surface area contributed by atoms with Gasteiger partial charge >= 0.3 is 0 Å². The van der Waals surface area contributed by atoms with Crippen LogP contribution in [0.1, 0.15) is 29.5 Å². The molecule has 0 fully saturated rings. The van der Waals surface area contributed by atoms with Crippen LogP contribution in [-0.2, 0) is 11.2 Å². The van der Waals surface area contributed by atoms with E-state index in [9.17, 15) is 4.79 Å². The number of hydrogen-bond donors (Lipinski definition) is 2. The van der Waals surface area contributed by atoms with Crippen LogP contribution in [0.25, 0.3) is 22.3 Å². The summed E-state index contributed by atoms with van der Waals surface area (Å²) in [5.41, 5.74) is 7.50. The number of carbonyl (C=O) groups excluding carboxylic acids is 1. The molecule has 2 aromatic heterocycles. The first kappa shape index (κ1) is 18.9. The molecule has 0 aliphatic rings. The molecule has 0 atom stereocenters. The summed E-state index contributed by atoms with van der Waals surface area (Å²) in [6.07, 6.45) is 3.88. The number of carbonyl (C=O) groups is 1. The molecule has 0 bridgehead atoms. The summed E-state index contributed by atoms with van der Waals surface area (Å²) in [6.45, 7) is 4.11. The third-order valence-corrected chi connectivity index (χ3v) is 5.23. The number of pyridine rings is 1. The van der Waals surface area contributed by atoms with Gasteiger partial charge in [-0.2, -0.15) is 0 Å². The van der Waals surface area contributed by atoms with E-state index in [-0.39, 0.29) is 5.91 Å². The van der Waals surface area contributed by atoms with Gasteiger partial charge in [-0.25, -0.2) is 0 Å². The molecule has 4 nitrogen and oxygen atoms in total. The van der Waals surface area contributed by atoms with E-state index in [0.717, 1.165) is 41.0 Å². The number of fused-ring (bicyclic) bond motifs is 1. The lowest BCUT2D eigenvalue weighted by Crippen LogP contribution is -2.12. The smallest absolute Gasteiger partial charge is 0.224 e. The SMILES string of the molecule is Cc1ccc2[nH]c(-c3ccccn3)c(CCCC(=O)Nc3ccccc3C)c2c1. The number of para-hydroxylation sites is 1. The zero-order chi connectivity index (χ0) is 20.2. The van der Waals surface area contributed by atoms with Crippen molar-refractivity contribution < 1.29 is 4.79 Å². The molecule has 0 saturated carbocycles. The van der Waals surface area contributed by atoms with Gasteiger partial charge in [-0.05, 0) is 68.1 Å². The summed E-state index contributed by atoms with van der Waals surface area (Å²) >= 11 is 0. The van der Waals surface area contributed by atoms with E-state index >= 15 is 0 Å². The van der Waals surface area contributed by atoms with E-state index in [4.69, 9.17) is 0 Å². The molecular weight excluding hydrogens is 358 g/mol. The zero-order valence-corrected chi connectivity index (χ0v) is 16.8. The standard InChI is InChI=1S/C25H25N3O/c1-17-13-14-22-20(16-17)19(25(28-22)23-11-5-6-15-26-23)9-7-12-24(29)27-21-10-4-3-8-18(21)2/h3-6,8,10-11,13-16,28H,7,9,12H2,1-2H3,(H,27,29). The number of aromatic amines is 1. The number of anilines is 1. The third-order valence-electron chi connectivity index (χ3n) is 5.23. The Kier molecular flexibility index (Phi) is 5.43. The molecule has 146 valence electrons. The zero-order valence-electron chi connectivity index (χ0n) is 16.8. The molecule has 2 heterocycles. The Morgan fingerprint density at radius 3 is 2.66 bits per heavy atom. The van der Waals surface area contributed by atoms with E-state index in [2.05, 4.69) is 40.4 Å². The van der Waals surface area contributed by atoms with Gasteiger partial charge in [-0.3, -0.25) is 9.78 Å². The van der Waals surface area contributed by atoms with E-state index in [1.807, 2.05) is 55.6 Å². The molecule has 2 aromatic carbocycles. The van der Waals surface area contributed by atoms with Crippen molar-refractivity contribution in [3.63, 3.8) is 0 Å². The topological polar surface area (TPSA) is 57.8 Å². The van der Waals surface area contributed by atoms with Crippen LogP contribution in [0.3, 0.4) is 0 Å². The van der Waals surface area contributed by atoms with E-state index < -0.39 is 0 Å². The highest BCUT2D eigenvalue weighted by atomic mass is 16.1. The lowest BCUT2D eigenvalue weighted by atomic mass is 10.0. The monoisotopic (exact) mass is 383 g/mol. The lowest BCUT2D eigenvalue weighted by Gasteiger charge is -2.08. The minimum Gasteiger partial charge on any atom is -0.353 e. The molecule has 4 heteroatoms. The van der Waals surface area contributed by atoms with E-state index in [1.54, 1.807) is 0 Å². The Hall–Kier alpha value is -3.40. The van der Waals surface area contributed by atoms with Crippen molar-refractivity contribution in [3.8, 4) is 11.4 Å². The third kappa shape index (κ3) is 4.21. The van der Waals surface area contributed by atoms with Crippen LogP contribution in [0.5, 0.6) is 0 Å². The second-order valence-corrected chi connectivity index (χ2v) is 7.46. The molecule has 0 aliphatic carbocycles. The van der Waals surface area contributed by atoms with Crippen molar-refractivity contribution in [3.05, 3.63) is 83.6 Å². The summed E-state index contributed by atoms with van der Waals surface area (Å²) in [7, 11) is 0. The van der Waals surface area contributed by atoms with Crippen LogP contribution in [0, 0.1) is 13.8 Å². The molecule has 4 rings (SSSR count). The van der Waals surface area contributed by atoms with Crippen LogP contribution in [-0.4, -0.2) is 15.9 Å². The molecule has 0 spiro atoms. The van der Waals surface area contributed by atoms with Crippen molar-refractivity contribution in [1.82, 2.24) is 9.97 Å². The van der Waals surface area contributed by atoms with Gasteiger partial charge in [0.2, 0.25) is 5.91 Å². The fourth-order valence-electron chi connectivity index (χ4n) is 3.70. The number of nitrogens with one attached hydrogen (secondary N) is 2. The summed E-state index contributed by atoms with van der Waals surface area (Å²) in [6, 6.07) is 20.2. The summed E-state index contributed by atoms with van der Waals surface area (Å²) in [4.78, 5) is 20.5. The molecule has 0 aliphatic heterocycles. The molecule has 0 saturated heterocycles.